The van der Waals surface area contributed by atoms with Crippen molar-refractivity contribution in [2.45, 2.75) is 32.6 Å². The number of nitrogens with one attached hydrogen (secondary N) is 1. The number of hydrogen-bond donors (Lipinski definition) is 1. The summed E-state index contributed by atoms with van der Waals surface area (Å²) in [6, 6.07) is 5.60. The van der Waals surface area contributed by atoms with E-state index in [9.17, 15) is 14.0 Å². The topological polar surface area (TPSA) is 62.3 Å². The molecule has 0 spiro atoms. The quantitative estimate of drug-likeness (QED) is 0.915. The molecule has 2 amide bonds. The molecule has 0 radical (unpaired) electrons. The summed E-state index contributed by atoms with van der Waals surface area (Å²) < 4.78 is 13.0. The smallest absolute Gasteiger partial charge is 0.267 e. The number of nitrogens with zero attached hydrogens (tertiary/aromatic N) is 2. The predicted molar refractivity (Wildman–Crippen MR) is 92.1 cm³/mol. The van der Waals surface area contributed by atoms with Crippen LogP contribution in [0, 0.1) is 5.82 Å². The van der Waals surface area contributed by atoms with Gasteiger partial charge in [0.05, 0.1) is 5.69 Å². The molecule has 0 aliphatic carbocycles. The van der Waals surface area contributed by atoms with Crippen LogP contribution < -0.4 is 10.2 Å². The second-order valence-electron chi connectivity index (χ2n) is 5.98. The monoisotopic (exact) mass is 347 g/mol. The molecular weight excluding hydrogens is 329 g/mol. The van der Waals surface area contributed by atoms with Crippen molar-refractivity contribution in [2.24, 2.45) is 0 Å². The maximum absolute atomic E-state index is 13.0. The van der Waals surface area contributed by atoms with Gasteiger partial charge in [0.15, 0.2) is 5.13 Å². The number of anilines is 2. The summed E-state index contributed by atoms with van der Waals surface area (Å²) in [6.45, 7) is 4.56. The third-order valence-corrected chi connectivity index (χ3v) is 4.89. The molecule has 1 aromatic carbocycles. The highest BCUT2D eigenvalue weighted by Crippen LogP contribution is 2.33. The molecule has 1 aliphatic heterocycles. The van der Waals surface area contributed by atoms with Gasteiger partial charge in [-0.2, -0.15) is 0 Å². The zero-order valence-electron chi connectivity index (χ0n) is 13.5. The largest absolute Gasteiger partial charge is 0.321 e. The zero-order valence-corrected chi connectivity index (χ0v) is 14.3. The zero-order chi connectivity index (χ0) is 17.3. The summed E-state index contributed by atoms with van der Waals surface area (Å²) in [5, 5.41) is 3.33. The van der Waals surface area contributed by atoms with Gasteiger partial charge in [-0.3, -0.25) is 14.5 Å². The molecule has 0 bridgehead atoms. The Labute approximate surface area is 143 Å². The summed E-state index contributed by atoms with van der Waals surface area (Å²) in [5.41, 5.74) is 1.19. The lowest BCUT2D eigenvalue weighted by atomic mass is 10.1. The summed E-state index contributed by atoms with van der Waals surface area (Å²) in [4.78, 5) is 31.2. The van der Waals surface area contributed by atoms with Gasteiger partial charge >= 0.3 is 0 Å². The van der Waals surface area contributed by atoms with Crippen molar-refractivity contribution in [1.82, 2.24) is 4.98 Å². The fourth-order valence-corrected chi connectivity index (χ4v) is 3.72. The van der Waals surface area contributed by atoms with Crippen molar-refractivity contribution in [3.05, 3.63) is 40.7 Å². The number of thiazole rings is 1. The Morgan fingerprint density at radius 1 is 1.33 bits per heavy atom. The number of carbonyl (C=O) groups is 2. The standard InChI is InChI=1S/C17H18FN3O2S/c1-10(2)14-15(16(23)19-12-7-5-11(18)6-8-12)24-17(20-14)21-9-3-4-13(21)22/h5-8,10H,3-4,9H2,1-2H3,(H,19,23). The van der Waals surface area contributed by atoms with E-state index in [2.05, 4.69) is 10.3 Å². The van der Waals surface area contributed by atoms with Crippen molar-refractivity contribution < 1.29 is 14.0 Å². The number of aromatic nitrogens is 1. The molecule has 1 N–H and O–H groups in total. The Bertz CT molecular complexity index is 771. The van der Waals surface area contributed by atoms with Crippen LogP contribution >= 0.6 is 11.3 Å². The number of hydrogen-bond acceptors (Lipinski definition) is 4. The lowest BCUT2D eigenvalue weighted by Gasteiger charge is -2.10. The molecule has 1 fully saturated rings. The number of amides is 2. The first-order chi connectivity index (χ1) is 11.5. The second kappa shape index (κ2) is 6.68. The highest BCUT2D eigenvalue weighted by Gasteiger charge is 2.28. The van der Waals surface area contributed by atoms with Gasteiger partial charge in [0.1, 0.15) is 10.7 Å². The van der Waals surface area contributed by atoms with Crippen LogP contribution in [0.4, 0.5) is 15.2 Å². The molecule has 5 nitrogen and oxygen atoms in total. The average Bonchev–Trinajstić information content (AvgIpc) is 3.15. The summed E-state index contributed by atoms with van der Waals surface area (Å²) in [7, 11) is 0. The highest BCUT2D eigenvalue weighted by molar-refractivity contribution is 7.18. The van der Waals surface area contributed by atoms with Gasteiger partial charge in [-0.25, -0.2) is 9.37 Å². The molecule has 1 aromatic heterocycles. The Balaban J connectivity index is 1.88. The maximum Gasteiger partial charge on any atom is 0.267 e. The van der Waals surface area contributed by atoms with E-state index in [-0.39, 0.29) is 23.5 Å². The Morgan fingerprint density at radius 2 is 2.04 bits per heavy atom. The van der Waals surface area contributed by atoms with Gasteiger partial charge in [-0.05, 0) is 36.6 Å². The highest BCUT2D eigenvalue weighted by atomic mass is 32.1. The van der Waals surface area contributed by atoms with Crippen LogP contribution in [0.15, 0.2) is 24.3 Å². The number of carbonyl (C=O) groups excluding carboxylic acids is 2. The van der Waals surface area contributed by atoms with E-state index in [1.807, 2.05) is 13.8 Å². The fourth-order valence-electron chi connectivity index (χ4n) is 2.56. The van der Waals surface area contributed by atoms with Crippen LogP contribution in [0.5, 0.6) is 0 Å². The number of halogens is 1. The van der Waals surface area contributed by atoms with E-state index in [1.54, 1.807) is 4.90 Å². The van der Waals surface area contributed by atoms with E-state index in [0.717, 1.165) is 6.42 Å². The molecule has 0 saturated carbocycles. The Morgan fingerprint density at radius 3 is 2.62 bits per heavy atom. The molecule has 3 rings (SSSR count). The van der Waals surface area contributed by atoms with Crippen molar-refractivity contribution in [3.63, 3.8) is 0 Å². The van der Waals surface area contributed by atoms with Crippen molar-refractivity contribution in [1.29, 1.82) is 0 Å². The van der Waals surface area contributed by atoms with E-state index in [4.69, 9.17) is 0 Å². The molecule has 2 heterocycles. The van der Waals surface area contributed by atoms with E-state index >= 15 is 0 Å². The summed E-state index contributed by atoms with van der Waals surface area (Å²) in [5.74, 6) is -0.546. The van der Waals surface area contributed by atoms with E-state index < -0.39 is 0 Å². The first-order valence-electron chi connectivity index (χ1n) is 7.83. The lowest BCUT2D eigenvalue weighted by molar-refractivity contribution is -0.117. The summed E-state index contributed by atoms with van der Waals surface area (Å²) >= 11 is 1.23. The SMILES string of the molecule is CC(C)c1nc(N2CCCC2=O)sc1C(=O)Nc1ccc(F)cc1. The van der Waals surface area contributed by atoms with E-state index in [0.29, 0.717) is 34.4 Å². The van der Waals surface area contributed by atoms with Gasteiger partial charge in [-0.15, -0.1) is 0 Å². The van der Waals surface area contributed by atoms with Crippen LogP contribution in [0.3, 0.4) is 0 Å². The molecule has 0 atom stereocenters. The van der Waals surface area contributed by atoms with E-state index in [1.165, 1.54) is 35.6 Å². The average molecular weight is 347 g/mol. The van der Waals surface area contributed by atoms with Crippen LogP contribution in [0.2, 0.25) is 0 Å². The van der Waals surface area contributed by atoms with Gasteiger partial charge in [0.25, 0.3) is 5.91 Å². The normalized spacial score (nSPS) is 14.5. The Kier molecular flexibility index (Phi) is 4.62. The maximum atomic E-state index is 13.0. The van der Waals surface area contributed by atoms with Gasteiger partial charge in [0, 0.05) is 18.7 Å². The minimum absolute atomic E-state index is 0.0459. The van der Waals surface area contributed by atoms with Gasteiger partial charge in [-0.1, -0.05) is 25.2 Å². The van der Waals surface area contributed by atoms with Crippen LogP contribution in [0.25, 0.3) is 0 Å². The second-order valence-corrected chi connectivity index (χ2v) is 6.95. The van der Waals surface area contributed by atoms with Crippen LogP contribution in [-0.4, -0.2) is 23.3 Å². The molecule has 7 heteroatoms. The molecule has 2 aromatic rings. The lowest BCUT2D eigenvalue weighted by Crippen LogP contribution is -2.23. The predicted octanol–water partition coefficient (Wildman–Crippen LogP) is 3.78. The van der Waals surface area contributed by atoms with Crippen molar-refractivity contribution in [2.75, 3.05) is 16.8 Å². The molecule has 24 heavy (non-hydrogen) atoms. The molecule has 0 unspecified atom stereocenters. The third kappa shape index (κ3) is 3.31. The minimum atomic E-state index is -0.358. The molecule has 1 aliphatic rings. The third-order valence-electron chi connectivity index (χ3n) is 3.80. The Hall–Kier alpha value is -2.28. The van der Waals surface area contributed by atoms with Crippen LogP contribution in [-0.2, 0) is 4.79 Å². The molecule has 126 valence electrons. The summed E-state index contributed by atoms with van der Waals surface area (Å²) in [6.07, 6.45) is 1.33. The van der Waals surface area contributed by atoms with Gasteiger partial charge < -0.3 is 5.32 Å². The fraction of sp³-hybridized carbons (Fsp3) is 0.353. The minimum Gasteiger partial charge on any atom is -0.321 e. The first kappa shape index (κ1) is 16.6. The van der Waals surface area contributed by atoms with Crippen molar-refractivity contribution >= 4 is 34.0 Å². The molecular formula is C17H18FN3O2S. The first-order valence-corrected chi connectivity index (χ1v) is 8.65. The number of rotatable bonds is 4. The van der Waals surface area contributed by atoms with Crippen LogP contribution in [0.1, 0.15) is 48.0 Å². The van der Waals surface area contributed by atoms with Crippen molar-refractivity contribution in [3.8, 4) is 0 Å². The number of benzene rings is 1. The molecule has 1 saturated heterocycles. The van der Waals surface area contributed by atoms with Gasteiger partial charge in [0.2, 0.25) is 5.91 Å².